The Bertz CT molecular complexity index is 717. The highest BCUT2D eigenvalue weighted by molar-refractivity contribution is 6.10. The fourth-order valence-electron chi connectivity index (χ4n) is 2.41. The van der Waals surface area contributed by atoms with Crippen LogP contribution in [0.5, 0.6) is 11.5 Å². The lowest BCUT2D eigenvalue weighted by Crippen LogP contribution is -1.91. The molecule has 3 aromatic rings. The lowest BCUT2D eigenvalue weighted by Gasteiger charge is -2.12. The van der Waals surface area contributed by atoms with E-state index in [0.29, 0.717) is 0 Å². The summed E-state index contributed by atoms with van der Waals surface area (Å²) in [6.07, 6.45) is 0. The van der Waals surface area contributed by atoms with Crippen LogP contribution in [-0.4, -0.2) is 14.2 Å². The van der Waals surface area contributed by atoms with Gasteiger partial charge < -0.3 is 9.47 Å². The number of methoxy groups -OCH3 is 2. The van der Waals surface area contributed by atoms with E-state index in [9.17, 15) is 0 Å². The van der Waals surface area contributed by atoms with Gasteiger partial charge in [-0.2, -0.15) is 0 Å². The molecular formula is C16H14O2. The summed E-state index contributed by atoms with van der Waals surface area (Å²) >= 11 is 0. The van der Waals surface area contributed by atoms with Crippen molar-refractivity contribution >= 4 is 21.5 Å². The molecule has 3 aromatic carbocycles. The van der Waals surface area contributed by atoms with E-state index in [4.69, 9.17) is 9.47 Å². The molecule has 2 heteroatoms. The van der Waals surface area contributed by atoms with Crippen molar-refractivity contribution in [2.45, 2.75) is 0 Å². The quantitative estimate of drug-likeness (QED) is 0.628. The third-order valence-electron chi connectivity index (χ3n) is 3.26. The van der Waals surface area contributed by atoms with Gasteiger partial charge >= 0.3 is 0 Å². The summed E-state index contributed by atoms with van der Waals surface area (Å²) in [4.78, 5) is 0. The second-order valence-electron chi connectivity index (χ2n) is 4.18. The monoisotopic (exact) mass is 238 g/mol. The molecule has 0 fully saturated rings. The number of ether oxygens (including phenoxy) is 2. The number of hydrogen-bond acceptors (Lipinski definition) is 2. The minimum atomic E-state index is 0.764. The minimum Gasteiger partial charge on any atom is -0.493 e. The molecule has 3 rings (SSSR count). The Morgan fingerprint density at radius 3 is 2.22 bits per heavy atom. The predicted molar refractivity (Wildman–Crippen MR) is 74.6 cm³/mol. The maximum atomic E-state index is 5.47. The highest BCUT2D eigenvalue weighted by Gasteiger charge is 2.10. The molecule has 0 bridgehead atoms. The van der Waals surface area contributed by atoms with E-state index < -0.39 is 0 Å². The summed E-state index contributed by atoms with van der Waals surface area (Å²) in [6, 6.07) is 16.6. The summed E-state index contributed by atoms with van der Waals surface area (Å²) in [5.74, 6) is 1.56. The van der Waals surface area contributed by atoms with E-state index in [0.717, 1.165) is 16.9 Å². The number of fused-ring (bicyclic) bond motifs is 3. The Balaban J connectivity index is 2.46. The average molecular weight is 238 g/mol. The third kappa shape index (κ3) is 1.50. The molecule has 0 N–H and O–H groups in total. The zero-order chi connectivity index (χ0) is 12.5. The topological polar surface area (TPSA) is 18.5 Å². The Morgan fingerprint density at radius 1 is 0.667 bits per heavy atom. The van der Waals surface area contributed by atoms with Gasteiger partial charge in [0.25, 0.3) is 0 Å². The van der Waals surface area contributed by atoms with Crippen molar-refractivity contribution in [1.29, 1.82) is 0 Å². The van der Waals surface area contributed by atoms with Crippen LogP contribution in [0.4, 0.5) is 0 Å². The van der Waals surface area contributed by atoms with Gasteiger partial charge in [-0.1, -0.05) is 30.3 Å². The Morgan fingerprint density at radius 2 is 1.44 bits per heavy atom. The molecule has 0 saturated carbocycles. The van der Waals surface area contributed by atoms with Gasteiger partial charge in [-0.3, -0.25) is 0 Å². The van der Waals surface area contributed by atoms with Crippen LogP contribution < -0.4 is 9.47 Å². The minimum absolute atomic E-state index is 0.764. The normalized spacial score (nSPS) is 10.8. The lowest BCUT2D eigenvalue weighted by molar-refractivity contribution is 0.358. The second kappa shape index (κ2) is 4.22. The van der Waals surface area contributed by atoms with Crippen LogP contribution >= 0.6 is 0 Å². The fourth-order valence-corrected chi connectivity index (χ4v) is 2.41. The standard InChI is InChI=1S/C16H14O2/c1-17-15-10-9-13-12-6-4-3-5-11(12)7-8-14(13)16(15)18-2/h3-10H,1-2H3. The molecule has 0 aromatic heterocycles. The van der Waals surface area contributed by atoms with Crippen molar-refractivity contribution in [2.75, 3.05) is 14.2 Å². The Labute approximate surface area is 106 Å². The summed E-state index contributed by atoms with van der Waals surface area (Å²) in [7, 11) is 3.33. The van der Waals surface area contributed by atoms with Gasteiger partial charge in [-0.05, 0) is 34.4 Å². The molecule has 0 heterocycles. The van der Waals surface area contributed by atoms with Crippen LogP contribution in [0.1, 0.15) is 0 Å². The van der Waals surface area contributed by atoms with E-state index in [2.05, 4.69) is 42.5 Å². The zero-order valence-corrected chi connectivity index (χ0v) is 10.4. The summed E-state index contributed by atoms with van der Waals surface area (Å²) in [6.45, 7) is 0. The van der Waals surface area contributed by atoms with Gasteiger partial charge in [-0.15, -0.1) is 0 Å². The average Bonchev–Trinajstić information content (AvgIpc) is 2.45. The molecule has 18 heavy (non-hydrogen) atoms. The fraction of sp³-hybridized carbons (Fsp3) is 0.125. The molecule has 90 valence electrons. The maximum absolute atomic E-state index is 5.47. The van der Waals surface area contributed by atoms with Crippen molar-refractivity contribution in [2.24, 2.45) is 0 Å². The van der Waals surface area contributed by atoms with Crippen molar-refractivity contribution in [3.63, 3.8) is 0 Å². The van der Waals surface area contributed by atoms with E-state index in [1.54, 1.807) is 14.2 Å². The number of hydrogen-bond donors (Lipinski definition) is 0. The van der Waals surface area contributed by atoms with Gasteiger partial charge in [0.2, 0.25) is 0 Å². The first-order valence-corrected chi connectivity index (χ1v) is 5.87. The van der Waals surface area contributed by atoms with Gasteiger partial charge in [0, 0.05) is 5.39 Å². The second-order valence-corrected chi connectivity index (χ2v) is 4.18. The molecule has 0 amide bonds. The van der Waals surface area contributed by atoms with Crippen LogP contribution in [0.3, 0.4) is 0 Å². The van der Waals surface area contributed by atoms with Gasteiger partial charge in [0.05, 0.1) is 14.2 Å². The Kier molecular flexibility index (Phi) is 2.56. The number of rotatable bonds is 2. The highest BCUT2D eigenvalue weighted by atomic mass is 16.5. The van der Waals surface area contributed by atoms with E-state index in [1.807, 2.05) is 6.07 Å². The molecule has 0 aliphatic rings. The largest absolute Gasteiger partial charge is 0.493 e. The summed E-state index contributed by atoms with van der Waals surface area (Å²) in [5.41, 5.74) is 0. The van der Waals surface area contributed by atoms with E-state index >= 15 is 0 Å². The first-order chi connectivity index (χ1) is 8.85. The first kappa shape index (κ1) is 10.9. The predicted octanol–water partition coefficient (Wildman–Crippen LogP) is 4.01. The molecular weight excluding hydrogens is 224 g/mol. The summed E-state index contributed by atoms with van der Waals surface area (Å²) in [5, 5.41) is 4.73. The van der Waals surface area contributed by atoms with Gasteiger partial charge in [-0.25, -0.2) is 0 Å². The summed E-state index contributed by atoms with van der Waals surface area (Å²) < 4.78 is 10.8. The van der Waals surface area contributed by atoms with Crippen LogP contribution in [0.15, 0.2) is 48.5 Å². The molecule has 0 spiro atoms. The van der Waals surface area contributed by atoms with E-state index in [-0.39, 0.29) is 0 Å². The van der Waals surface area contributed by atoms with E-state index in [1.165, 1.54) is 16.2 Å². The molecule has 0 unspecified atom stereocenters. The molecule has 0 radical (unpaired) electrons. The maximum Gasteiger partial charge on any atom is 0.168 e. The van der Waals surface area contributed by atoms with Crippen LogP contribution in [-0.2, 0) is 0 Å². The van der Waals surface area contributed by atoms with Crippen molar-refractivity contribution < 1.29 is 9.47 Å². The van der Waals surface area contributed by atoms with Crippen molar-refractivity contribution in [1.82, 2.24) is 0 Å². The molecule has 0 aliphatic heterocycles. The van der Waals surface area contributed by atoms with Crippen molar-refractivity contribution in [3.8, 4) is 11.5 Å². The Hall–Kier alpha value is -2.22. The molecule has 0 saturated heterocycles. The van der Waals surface area contributed by atoms with Crippen LogP contribution in [0.25, 0.3) is 21.5 Å². The molecule has 0 atom stereocenters. The van der Waals surface area contributed by atoms with Gasteiger partial charge in [0.1, 0.15) is 0 Å². The number of benzene rings is 3. The molecule has 0 aliphatic carbocycles. The lowest BCUT2D eigenvalue weighted by atomic mass is 10.0. The first-order valence-electron chi connectivity index (χ1n) is 5.87. The smallest absolute Gasteiger partial charge is 0.168 e. The van der Waals surface area contributed by atoms with Crippen LogP contribution in [0, 0.1) is 0 Å². The third-order valence-corrected chi connectivity index (χ3v) is 3.26. The zero-order valence-electron chi connectivity index (χ0n) is 10.4. The SMILES string of the molecule is COc1ccc2c(ccc3ccccc32)c1OC. The van der Waals surface area contributed by atoms with Crippen molar-refractivity contribution in [3.05, 3.63) is 48.5 Å². The molecule has 2 nitrogen and oxygen atoms in total. The highest BCUT2D eigenvalue weighted by Crippen LogP contribution is 2.38. The van der Waals surface area contributed by atoms with Gasteiger partial charge in [0.15, 0.2) is 11.5 Å². The van der Waals surface area contributed by atoms with Crippen LogP contribution in [0.2, 0.25) is 0 Å².